The molecule has 2 heterocycles. The van der Waals surface area contributed by atoms with E-state index >= 15 is 0 Å². The van der Waals surface area contributed by atoms with Gasteiger partial charge in [-0.25, -0.2) is 0 Å². The number of halogens is 1. The summed E-state index contributed by atoms with van der Waals surface area (Å²) in [6.45, 7) is 7.12. The highest BCUT2D eigenvalue weighted by molar-refractivity contribution is 7.12. The van der Waals surface area contributed by atoms with Crippen LogP contribution in [0.4, 0.5) is 0 Å². The van der Waals surface area contributed by atoms with Gasteiger partial charge in [-0.15, -0.1) is 11.3 Å². The van der Waals surface area contributed by atoms with Crippen molar-refractivity contribution in [2.24, 2.45) is 11.8 Å². The fourth-order valence-corrected chi connectivity index (χ4v) is 4.46. The largest absolute Gasteiger partial charge is 0.352 e. The van der Waals surface area contributed by atoms with E-state index < -0.39 is 6.04 Å². The van der Waals surface area contributed by atoms with Crippen LogP contribution >= 0.6 is 22.9 Å². The van der Waals surface area contributed by atoms with Crippen LogP contribution in [0, 0.1) is 11.8 Å². The number of thiophene rings is 1. The van der Waals surface area contributed by atoms with Crippen LogP contribution in [0.3, 0.4) is 0 Å². The fraction of sp³-hybridized carbons (Fsp3) is 0.458. The molecule has 0 aliphatic carbocycles. The van der Waals surface area contributed by atoms with Gasteiger partial charge in [-0.3, -0.25) is 14.4 Å². The first-order valence-electron chi connectivity index (χ1n) is 11.0. The Labute approximate surface area is 198 Å². The van der Waals surface area contributed by atoms with Gasteiger partial charge in [-0.05, 0) is 67.3 Å². The molecular weight excluding hydrogens is 446 g/mol. The van der Waals surface area contributed by atoms with Crippen molar-refractivity contribution in [1.29, 1.82) is 0 Å². The monoisotopic (exact) mass is 475 g/mol. The molecule has 0 spiro atoms. The number of likely N-dealkylation sites (tertiary alicyclic amines) is 1. The molecule has 1 aromatic heterocycles. The van der Waals surface area contributed by atoms with Crippen molar-refractivity contribution in [1.82, 2.24) is 15.5 Å². The lowest BCUT2D eigenvalue weighted by atomic mass is 9.88. The normalized spacial score (nSPS) is 16.5. The van der Waals surface area contributed by atoms with E-state index in [2.05, 4.69) is 10.6 Å². The average Bonchev–Trinajstić information content (AvgIpc) is 3.32. The summed E-state index contributed by atoms with van der Waals surface area (Å²) in [6.07, 6.45) is 1.27. The summed E-state index contributed by atoms with van der Waals surface area (Å²) in [5, 5.41) is 8.43. The van der Waals surface area contributed by atoms with Crippen LogP contribution in [0.15, 0.2) is 41.8 Å². The van der Waals surface area contributed by atoms with Crippen LogP contribution in [0.5, 0.6) is 0 Å². The van der Waals surface area contributed by atoms with Gasteiger partial charge in [0, 0.05) is 29.7 Å². The maximum atomic E-state index is 13.1. The minimum Gasteiger partial charge on any atom is -0.352 e. The third kappa shape index (κ3) is 6.11. The summed E-state index contributed by atoms with van der Waals surface area (Å²) < 4.78 is 0. The molecule has 3 amide bonds. The zero-order valence-corrected chi connectivity index (χ0v) is 20.2. The van der Waals surface area contributed by atoms with Crippen molar-refractivity contribution in [2.75, 3.05) is 13.1 Å². The van der Waals surface area contributed by atoms with Crippen LogP contribution in [0.2, 0.25) is 5.02 Å². The predicted octanol–water partition coefficient (Wildman–Crippen LogP) is 4.21. The molecule has 3 rings (SSSR count). The highest BCUT2D eigenvalue weighted by Crippen LogP contribution is 2.24. The molecule has 2 aromatic rings. The number of nitrogens with zero attached hydrogens (tertiary/aromatic N) is 1. The minimum absolute atomic E-state index is 0.00443. The smallest absolute Gasteiger partial charge is 0.262 e. The number of carbonyl (C=O) groups is 3. The molecule has 1 aromatic carbocycles. The second kappa shape index (κ2) is 11.0. The predicted molar refractivity (Wildman–Crippen MR) is 128 cm³/mol. The lowest BCUT2D eigenvalue weighted by Gasteiger charge is -2.36. The molecule has 1 saturated heterocycles. The van der Waals surface area contributed by atoms with E-state index in [0.717, 1.165) is 0 Å². The van der Waals surface area contributed by atoms with Crippen LogP contribution in [-0.2, 0) is 4.79 Å². The summed E-state index contributed by atoms with van der Waals surface area (Å²) in [6, 6.07) is 9.78. The Kier molecular flexibility index (Phi) is 8.32. The van der Waals surface area contributed by atoms with Gasteiger partial charge in [0.25, 0.3) is 11.8 Å². The molecule has 2 N–H and O–H groups in total. The molecule has 8 heteroatoms. The molecular formula is C24H30ClN3O3S. The SMILES string of the molecule is CC(C)[C@H](C)NC(=O)[C@H](NC(=O)c1cccs1)C1CCN(C(=O)c2ccc(Cl)cc2)CC1. The zero-order chi connectivity index (χ0) is 23.3. The molecule has 1 fully saturated rings. The van der Waals surface area contributed by atoms with Gasteiger partial charge in [-0.1, -0.05) is 31.5 Å². The Morgan fingerprint density at radius 3 is 2.25 bits per heavy atom. The fourth-order valence-electron chi connectivity index (χ4n) is 3.71. The molecule has 0 radical (unpaired) electrons. The summed E-state index contributed by atoms with van der Waals surface area (Å²) in [5.74, 6) is -0.216. The minimum atomic E-state index is -0.640. The molecule has 1 aliphatic heterocycles. The van der Waals surface area contributed by atoms with Crippen LogP contribution in [0.25, 0.3) is 0 Å². The van der Waals surface area contributed by atoms with Crippen molar-refractivity contribution in [3.8, 4) is 0 Å². The van der Waals surface area contributed by atoms with Gasteiger partial charge in [0.2, 0.25) is 5.91 Å². The second-order valence-corrected chi connectivity index (χ2v) is 9.99. The van der Waals surface area contributed by atoms with Crippen LogP contribution < -0.4 is 10.6 Å². The molecule has 0 unspecified atom stereocenters. The number of rotatable bonds is 7. The van der Waals surface area contributed by atoms with E-state index in [9.17, 15) is 14.4 Å². The van der Waals surface area contributed by atoms with Crippen LogP contribution in [0.1, 0.15) is 53.6 Å². The molecule has 172 valence electrons. The van der Waals surface area contributed by atoms with Crippen molar-refractivity contribution in [3.63, 3.8) is 0 Å². The Hall–Kier alpha value is -2.38. The van der Waals surface area contributed by atoms with Gasteiger partial charge < -0.3 is 15.5 Å². The van der Waals surface area contributed by atoms with E-state index in [1.54, 1.807) is 35.2 Å². The lowest BCUT2D eigenvalue weighted by Crippen LogP contribution is -2.55. The number of hydrogen-bond donors (Lipinski definition) is 2. The van der Waals surface area contributed by atoms with Crippen molar-refractivity contribution in [2.45, 2.75) is 45.7 Å². The number of nitrogens with one attached hydrogen (secondary N) is 2. The standard InChI is InChI=1S/C24H30ClN3O3S/c1-15(2)16(3)26-23(30)21(27-22(29)20-5-4-14-32-20)17-10-12-28(13-11-17)24(31)18-6-8-19(25)9-7-18/h4-9,14-17,21H,10-13H2,1-3H3,(H,26,30)(H,27,29)/t16-,21+/m0/s1. The van der Waals surface area contributed by atoms with E-state index in [-0.39, 0.29) is 35.6 Å². The Bertz CT molecular complexity index is 922. The lowest BCUT2D eigenvalue weighted by molar-refractivity contribution is -0.125. The van der Waals surface area contributed by atoms with E-state index in [4.69, 9.17) is 11.6 Å². The molecule has 2 atom stereocenters. The first-order valence-corrected chi connectivity index (χ1v) is 12.2. The van der Waals surface area contributed by atoms with E-state index in [1.807, 2.05) is 32.2 Å². The van der Waals surface area contributed by atoms with Crippen molar-refractivity contribution < 1.29 is 14.4 Å². The molecule has 32 heavy (non-hydrogen) atoms. The number of carbonyl (C=O) groups excluding carboxylic acids is 3. The quantitative estimate of drug-likeness (QED) is 0.629. The van der Waals surface area contributed by atoms with E-state index in [0.29, 0.717) is 41.4 Å². The third-order valence-corrected chi connectivity index (χ3v) is 7.19. The molecule has 6 nitrogen and oxygen atoms in total. The highest BCUT2D eigenvalue weighted by Gasteiger charge is 2.35. The summed E-state index contributed by atoms with van der Waals surface area (Å²) in [4.78, 5) is 41.0. The van der Waals surface area contributed by atoms with E-state index in [1.165, 1.54) is 11.3 Å². The van der Waals surface area contributed by atoms with Gasteiger partial charge in [-0.2, -0.15) is 0 Å². The van der Waals surface area contributed by atoms with Crippen molar-refractivity contribution >= 4 is 40.7 Å². The Morgan fingerprint density at radius 2 is 1.69 bits per heavy atom. The summed E-state index contributed by atoms with van der Waals surface area (Å²) in [7, 11) is 0. The molecule has 0 bridgehead atoms. The first-order chi connectivity index (χ1) is 15.3. The molecule has 1 aliphatic rings. The van der Waals surface area contributed by atoms with Crippen molar-refractivity contribution in [3.05, 3.63) is 57.2 Å². The summed E-state index contributed by atoms with van der Waals surface area (Å²) in [5.41, 5.74) is 0.596. The molecule has 0 saturated carbocycles. The third-order valence-electron chi connectivity index (χ3n) is 6.07. The zero-order valence-electron chi connectivity index (χ0n) is 18.6. The number of hydrogen-bond acceptors (Lipinski definition) is 4. The maximum Gasteiger partial charge on any atom is 0.262 e. The first kappa shape index (κ1) is 24.3. The van der Waals surface area contributed by atoms with Gasteiger partial charge in [0.15, 0.2) is 0 Å². The highest BCUT2D eigenvalue weighted by atomic mass is 35.5. The number of amides is 3. The number of piperidine rings is 1. The second-order valence-electron chi connectivity index (χ2n) is 8.61. The van der Waals surface area contributed by atoms with Gasteiger partial charge >= 0.3 is 0 Å². The maximum absolute atomic E-state index is 13.1. The van der Waals surface area contributed by atoms with Gasteiger partial charge in [0.1, 0.15) is 6.04 Å². The Morgan fingerprint density at radius 1 is 1.03 bits per heavy atom. The van der Waals surface area contributed by atoms with Gasteiger partial charge in [0.05, 0.1) is 4.88 Å². The number of benzene rings is 1. The van der Waals surface area contributed by atoms with Crippen LogP contribution in [-0.4, -0.2) is 47.8 Å². The Balaban J connectivity index is 1.68. The summed E-state index contributed by atoms with van der Waals surface area (Å²) >= 11 is 7.27. The topological polar surface area (TPSA) is 78.5 Å². The average molecular weight is 476 g/mol.